The van der Waals surface area contributed by atoms with Crippen molar-refractivity contribution < 1.29 is 19.1 Å². The first-order valence-electron chi connectivity index (χ1n) is 6.68. The van der Waals surface area contributed by atoms with Crippen LogP contribution in [0.25, 0.3) is 0 Å². The van der Waals surface area contributed by atoms with Gasteiger partial charge in [0.15, 0.2) is 0 Å². The zero-order chi connectivity index (χ0) is 15.9. The van der Waals surface area contributed by atoms with Crippen molar-refractivity contribution in [1.29, 1.82) is 0 Å². The standard InChI is InChI=1S/C15H15FN2O3S/c16-11-3-1-10(2-4-11)13(15(20)21)7-17-14(19)6-5-12-8-22-9-18-12/h1-4,8-9,13H,5-7H2,(H,17,19)(H,20,21). The van der Waals surface area contributed by atoms with E-state index in [4.69, 9.17) is 0 Å². The van der Waals surface area contributed by atoms with Gasteiger partial charge in [0, 0.05) is 18.3 Å². The van der Waals surface area contributed by atoms with E-state index in [9.17, 15) is 19.1 Å². The van der Waals surface area contributed by atoms with E-state index in [2.05, 4.69) is 10.3 Å². The molecule has 0 aliphatic carbocycles. The summed E-state index contributed by atoms with van der Waals surface area (Å²) in [5.74, 6) is -2.63. The molecule has 1 aromatic carbocycles. The molecule has 2 rings (SSSR count). The molecule has 0 aliphatic rings. The van der Waals surface area contributed by atoms with Gasteiger partial charge in [-0.1, -0.05) is 12.1 Å². The molecular weight excluding hydrogens is 307 g/mol. The third kappa shape index (κ3) is 4.63. The highest BCUT2D eigenvalue weighted by molar-refractivity contribution is 7.07. The quantitative estimate of drug-likeness (QED) is 0.819. The Morgan fingerprint density at radius 3 is 2.64 bits per heavy atom. The lowest BCUT2D eigenvalue weighted by Crippen LogP contribution is -2.31. The van der Waals surface area contributed by atoms with Crippen molar-refractivity contribution in [2.45, 2.75) is 18.8 Å². The average Bonchev–Trinajstić information content (AvgIpc) is 3.00. The minimum atomic E-state index is -1.06. The minimum absolute atomic E-state index is 0.0309. The van der Waals surface area contributed by atoms with E-state index in [1.54, 1.807) is 5.51 Å². The molecule has 0 aliphatic heterocycles. The van der Waals surface area contributed by atoms with Crippen LogP contribution in [0.15, 0.2) is 35.2 Å². The van der Waals surface area contributed by atoms with Gasteiger partial charge in [-0.15, -0.1) is 11.3 Å². The first kappa shape index (κ1) is 16.1. The van der Waals surface area contributed by atoms with Crippen LogP contribution in [0.1, 0.15) is 23.6 Å². The summed E-state index contributed by atoms with van der Waals surface area (Å²) in [6, 6.07) is 5.23. The Kier molecular flexibility index (Phi) is 5.60. The van der Waals surface area contributed by atoms with Crippen molar-refractivity contribution in [3.63, 3.8) is 0 Å². The van der Waals surface area contributed by atoms with Crippen LogP contribution in [-0.4, -0.2) is 28.5 Å². The molecule has 2 N–H and O–H groups in total. The third-order valence-electron chi connectivity index (χ3n) is 3.17. The van der Waals surface area contributed by atoms with E-state index < -0.39 is 17.7 Å². The predicted octanol–water partition coefficient (Wildman–Crippen LogP) is 2.20. The van der Waals surface area contributed by atoms with E-state index in [1.165, 1.54) is 35.6 Å². The van der Waals surface area contributed by atoms with Crippen molar-refractivity contribution >= 4 is 23.2 Å². The number of aryl methyl sites for hydroxylation is 1. The van der Waals surface area contributed by atoms with Gasteiger partial charge in [-0.25, -0.2) is 9.37 Å². The van der Waals surface area contributed by atoms with Crippen LogP contribution in [0.2, 0.25) is 0 Å². The highest BCUT2D eigenvalue weighted by Gasteiger charge is 2.20. The number of rotatable bonds is 7. The molecule has 1 atom stereocenters. The van der Waals surface area contributed by atoms with Gasteiger partial charge in [0.2, 0.25) is 5.91 Å². The molecule has 1 amide bonds. The molecule has 0 bridgehead atoms. The Morgan fingerprint density at radius 2 is 2.05 bits per heavy atom. The summed E-state index contributed by atoms with van der Waals surface area (Å²) in [7, 11) is 0. The van der Waals surface area contributed by atoms with E-state index in [1.807, 2.05) is 5.38 Å². The second-order valence-electron chi connectivity index (χ2n) is 4.73. The average molecular weight is 322 g/mol. The smallest absolute Gasteiger partial charge is 0.312 e. The first-order chi connectivity index (χ1) is 10.6. The molecule has 5 nitrogen and oxygen atoms in total. The molecule has 0 saturated heterocycles. The third-order valence-corrected chi connectivity index (χ3v) is 3.80. The molecule has 0 fully saturated rings. The Labute approximate surface area is 130 Å². The number of benzene rings is 1. The Hall–Kier alpha value is -2.28. The van der Waals surface area contributed by atoms with Crippen molar-refractivity contribution in [3.05, 3.63) is 52.2 Å². The SMILES string of the molecule is O=C(CCc1cscn1)NCC(C(=O)O)c1ccc(F)cc1. The summed E-state index contributed by atoms with van der Waals surface area (Å²) in [5.41, 5.74) is 2.99. The monoisotopic (exact) mass is 322 g/mol. The van der Waals surface area contributed by atoms with Gasteiger partial charge < -0.3 is 10.4 Å². The molecule has 1 unspecified atom stereocenters. The maximum absolute atomic E-state index is 12.9. The number of hydrogen-bond acceptors (Lipinski definition) is 4. The number of aromatic nitrogens is 1. The maximum Gasteiger partial charge on any atom is 0.312 e. The molecule has 1 aromatic heterocycles. The minimum Gasteiger partial charge on any atom is -0.481 e. The molecule has 1 heterocycles. The lowest BCUT2D eigenvalue weighted by molar-refractivity contribution is -0.138. The summed E-state index contributed by atoms with van der Waals surface area (Å²) in [4.78, 5) is 27.1. The number of thiazole rings is 1. The van der Waals surface area contributed by atoms with Crippen molar-refractivity contribution in [1.82, 2.24) is 10.3 Å². The van der Waals surface area contributed by atoms with Crippen LogP contribution < -0.4 is 5.32 Å². The maximum atomic E-state index is 12.9. The number of aliphatic carboxylic acids is 1. The summed E-state index contributed by atoms with van der Waals surface area (Å²) in [5, 5.41) is 13.7. The highest BCUT2D eigenvalue weighted by Crippen LogP contribution is 2.16. The van der Waals surface area contributed by atoms with Crippen LogP contribution in [0.4, 0.5) is 4.39 Å². The first-order valence-corrected chi connectivity index (χ1v) is 7.62. The van der Waals surface area contributed by atoms with E-state index in [0.29, 0.717) is 12.0 Å². The Morgan fingerprint density at radius 1 is 1.32 bits per heavy atom. The molecule has 22 heavy (non-hydrogen) atoms. The lowest BCUT2D eigenvalue weighted by atomic mass is 9.99. The summed E-state index contributed by atoms with van der Waals surface area (Å²) >= 11 is 1.46. The molecule has 0 saturated carbocycles. The van der Waals surface area contributed by atoms with Gasteiger partial charge in [-0.3, -0.25) is 9.59 Å². The van der Waals surface area contributed by atoms with Gasteiger partial charge in [-0.2, -0.15) is 0 Å². The summed E-state index contributed by atoms with van der Waals surface area (Å²) in [6.45, 7) is -0.0309. The van der Waals surface area contributed by atoms with Gasteiger partial charge in [0.05, 0.1) is 17.1 Å². The molecule has 116 valence electrons. The number of carboxylic acids is 1. The Balaban J connectivity index is 1.87. The van der Waals surface area contributed by atoms with Gasteiger partial charge >= 0.3 is 5.97 Å². The number of nitrogens with one attached hydrogen (secondary N) is 1. The summed E-state index contributed by atoms with van der Waals surface area (Å²) < 4.78 is 12.9. The zero-order valence-corrected chi connectivity index (χ0v) is 12.5. The van der Waals surface area contributed by atoms with Gasteiger partial charge in [0.25, 0.3) is 0 Å². The van der Waals surface area contributed by atoms with Crippen LogP contribution >= 0.6 is 11.3 Å². The molecule has 0 radical (unpaired) electrons. The van der Waals surface area contributed by atoms with Crippen LogP contribution in [0.3, 0.4) is 0 Å². The van der Waals surface area contributed by atoms with Crippen LogP contribution in [0, 0.1) is 5.82 Å². The number of carbonyl (C=O) groups is 2. The van der Waals surface area contributed by atoms with Gasteiger partial charge in [-0.05, 0) is 24.1 Å². The number of carbonyl (C=O) groups excluding carboxylic acids is 1. The second kappa shape index (κ2) is 7.65. The lowest BCUT2D eigenvalue weighted by Gasteiger charge is -2.13. The normalized spacial score (nSPS) is 11.9. The molecular formula is C15H15FN2O3S. The highest BCUT2D eigenvalue weighted by atomic mass is 32.1. The van der Waals surface area contributed by atoms with Crippen molar-refractivity contribution in [2.75, 3.05) is 6.54 Å². The number of halogens is 1. The fraction of sp³-hybridized carbons (Fsp3) is 0.267. The van der Waals surface area contributed by atoms with Gasteiger partial charge in [0.1, 0.15) is 5.82 Å². The fourth-order valence-corrected chi connectivity index (χ4v) is 2.54. The van der Waals surface area contributed by atoms with Crippen molar-refractivity contribution in [3.8, 4) is 0 Å². The van der Waals surface area contributed by atoms with E-state index in [0.717, 1.165) is 5.69 Å². The molecule has 7 heteroatoms. The zero-order valence-electron chi connectivity index (χ0n) is 11.7. The van der Waals surface area contributed by atoms with Crippen molar-refractivity contribution in [2.24, 2.45) is 0 Å². The molecule has 2 aromatic rings. The number of nitrogens with zero attached hydrogens (tertiary/aromatic N) is 1. The Bertz CT molecular complexity index is 629. The largest absolute Gasteiger partial charge is 0.481 e. The number of hydrogen-bond donors (Lipinski definition) is 2. The van der Waals surface area contributed by atoms with Crippen LogP contribution in [0.5, 0.6) is 0 Å². The molecule has 0 spiro atoms. The topological polar surface area (TPSA) is 79.3 Å². The summed E-state index contributed by atoms with van der Waals surface area (Å²) in [6.07, 6.45) is 0.767. The fourth-order valence-electron chi connectivity index (χ4n) is 1.95. The van der Waals surface area contributed by atoms with E-state index in [-0.39, 0.29) is 18.9 Å². The van der Waals surface area contributed by atoms with E-state index >= 15 is 0 Å². The predicted molar refractivity (Wildman–Crippen MR) is 80.2 cm³/mol. The van der Waals surface area contributed by atoms with Crippen LogP contribution in [-0.2, 0) is 16.0 Å². The number of amides is 1. The number of carboxylic acid groups (broad SMARTS) is 1. The second-order valence-corrected chi connectivity index (χ2v) is 5.44.